The minimum Gasteiger partial charge on any atom is -0.448 e. The second-order valence-corrected chi connectivity index (χ2v) is 5.16. The van der Waals surface area contributed by atoms with Gasteiger partial charge in [0.15, 0.2) is 6.39 Å². The Kier molecular flexibility index (Phi) is 5.47. The van der Waals surface area contributed by atoms with Crippen LogP contribution >= 0.6 is 11.6 Å². The first-order valence-corrected chi connectivity index (χ1v) is 6.40. The lowest BCUT2D eigenvalue weighted by Crippen LogP contribution is -2.33. The Morgan fingerprint density at radius 3 is 2.89 bits per heavy atom. The molecule has 0 saturated heterocycles. The maximum atomic E-state index is 11.4. The highest BCUT2D eigenvalue weighted by Crippen LogP contribution is 2.11. The number of nitrogens with zero attached hydrogens (tertiary/aromatic N) is 1. The van der Waals surface area contributed by atoms with E-state index in [4.69, 9.17) is 20.8 Å². The Bertz CT molecular complexity index is 385. The molecule has 102 valence electrons. The van der Waals surface area contributed by atoms with Gasteiger partial charge in [-0.3, -0.25) is 0 Å². The van der Waals surface area contributed by atoms with Crippen LogP contribution in [0.5, 0.6) is 0 Å². The number of nitrogens with one attached hydrogen (secondary N) is 1. The van der Waals surface area contributed by atoms with Gasteiger partial charge in [0.05, 0.1) is 11.6 Å². The molecule has 1 heterocycles. The maximum absolute atomic E-state index is 11.4. The van der Waals surface area contributed by atoms with Crippen LogP contribution in [0.4, 0.5) is 4.79 Å². The lowest BCUT2D eigenvalue weighted by atomic mass is 10.2. The molecule has 0 bridgehead atoms. The minimum atomic E-state index is -0.471. The lowest BCUT2D eigenvalue weighted by molar-refractivity contribution is 0.0527. The monoisotopic (exact) mass is 274 g/mol. The third-order valence-electron chi connectivity index (χ3n) is 2.10. The van der Waals surface area contributed by atoms with Crippen molar-refractivity contribution in [3.05, 3.63) is 17.8 Å². The summed E-state index contributed by atoms with van der Waals surface area (Å²) < 4.78 is 10.3. The van der Waals surface area contributed by atoms with Gasteiger partial charge in [0.1, 0.15) is 11.4 Å². The van der Waals surface area contributed by atoms with Gasteiger partial charge in [-0.1, -0.05) is 0 Å². The van der Waals surface area contributed by atoms with Crippen molar-refractivity contribution in [2.75, 3.05) is 6.54 Å². The zero-order valence-electron chi connectivity index (χ0n) is 11.0. The topological polar surface area (TPSA) is 64.4 Å². The Labute approximate surface area is 112 Å². The van der Waals surface area contributed by atoms with Crippen LogP contribution in [0.1, 0.15) is 38.6 Å². The highest BCUT2D eigenvalue weighted by Gasteiger charge is 2.15. The molecule has 0 aliphatic heterocycles. The zero-order valence-corrected chi connectivity index (χ0v) is 11.7. The fourth-order valence-corrected chi connectivity index (χ4v) is 1.58. The molecule has 1 aromatic heterocycles. The number of halogens is 1. The number of alkyl halides is 1. The SMILES string of the molecule is CC(C)(C)OC(=O)NCCCc1ocnc1CCl. The van der Waals surface area contributed by atoms with Gasteiger partial charge < -0.3 is 14.5 Å². The van der Waals surface area contributed by atoms with Crippen molar-refractivity contribution in [1.82, 2.24) is 10.3 Å². The molecule has 5 nitrogen and oxygen atoms in total. The Morgan fingerprint density at radius 1 is 1.56 bits per heavy atom. The molecule has 0 radical (unpaired) electrons. The highest BCUT2D eigenvalue weighted by molar-refractivity contribution is 6.16. The van der Waals surface area contributed by atoms with E-state index in [0.29, 0.717) is 18.8 Å². The van der Waals surface area contributed by atoms with Crippen LogP contribution in [-0.2, 0) is 17.0 Å². The minimum absolute atomic E-state index is 0.339. The number of amides is 1. The normalized spacial score (nSPS) is 11.3. The highest BCUT2D eigenvalue weighted by atomic mass is 35.5. The average Bonchev–Trinajstić information content (AvgIpc) is 2.69. The first kappa shape index (κ1) is 14.8. The number of oxazole rings is 1. The van der Waals surface area contributed by atoms with Crippen LogP contribution in [-0.4, -0.2) is 23.2 Å². The summed E-state index contributed by atoms with van der Waals surface area (Å²) in [6.07, 6.45) is 2.42. The summed E-state index contributed by atoms with van der Waals surface area (Å²) >= 11 is 5.70. The second-order valence-electron chi connectivity index (χ2n) is 4.89. The summed E-state index contributed by atoms with van der Waals surface area (Å²) in [5, 5.41) is 2.68. The molecule has 0 fully saturated rings. The van der Waals surface area contributed by atoms with Crippen LogP contribution < -0.4 is 5.32 Å². The van der Waals surface area contributed by atoms with Gasteiger partial charge >= 0.3 is 6.09 Å². The molecule has 0 atom stereocenters. The van der Waals surface area contributed by atoms with Crippen LogP contribution in [0.2, 0.25) is 0 Å². The molecule has 0 unspecified atom stereocenters. The predicted molar refractivity (Wildman–Crippen MR) is 68.6 cm³/mol. The fourth-order valence-electron chi connectivity index (χ4n) is 1.36. The van der Waals surface area contributed by atoms with Crippen molar-refractivity contribution < 1.29 is 13.9 Å². The van der Waals surface area contributed by atoms with Gasteiger partial charge in [-0.05, 0) is 27.2 Å². The first-order valence-electron chi connectivity index (χ1n) is 5.86. The molecule has 6 heteroatoms. The summed E-state index contributed by atoms with van der Waals surface area (Å²) in [5.74, 6) is 1.11. The first-order chi connectivity index (χ1) is 8.42. The number of carbonyl (C=O) groups excluding carboxylic acids is 1. The molecule has 1 N–H and O–H groups in total. The summed E-state index contributed by atoms with van der Waals surface area (Å²) in [4.78, 5) is 15.3. The molecule has 1 rings (SSSR count). The summed E-state index contributed by atoms with van der Waals surface area (Å²) in [7, 11) is 0. The third-order valence-corrected chi connectivity index (χ3v) is 2.35. The molecular weight excluding hydrogens is 256 g/mol. The fraction of sp³-hybridized carbons (Fsp3) is 0.667. The number of ether oxygens (including phenoxy) is 1. The largest absolute Gasteiger partial charge is 0.448 e. The summed E-state index contributed by atoms with van der Waals surface area (Å²) in [5.41, 5.74) is 0.287. The van der Waals surface area contributed by atoms with E-state index in [1.807, 2.05) is 20.8 Å². The molecular formula is C12H19ClN2O3. The molecule has 0 spiro atoms. The van der Waals surface area contributed by atoms with E-state index in [0.717, 1.165) is 17.9 Å². The molecule has 1 amide bonds. The molecule has 18 heavy (non-hydrogen) atoms. The van der Waals surface area contributed by atoms with Crippen LogP contribution in [0, 0.1) is 0 Å². The molecule has 0 aliphatic rings. The lowest BCUT2D eigenvalue weighted by Gasteiger charge is -2.19. The number of aromatic nitrogens is 1. The van der Waals surface area contributed by atoms with Crippen molar-refractivity contribution >= 4 is 17.7 Å². The van der Waals surface area contributed by atoms with Crippen molar-refractivity contribution in [2.45, 2.75) is 45.1 Å². The summed E-state index contributed by atoms with van der Waals surface area (Å²) in [6.45, 7) is 6.01. The smallest absolute Gasteiger partial charge is 0.407 e. The van der Waals surface area contributed by atoms with E-state index in [9.17, 15) is 4.79 Å². The van der Waals surface area contributed by atoms with Gasteiger partial charge in [-0.25, -0.2) is 9.78 Å². The van der Waals surface area contributed by atoms with E-state index in [-0.39, 0.29) is 0 Å². The quantitative estimate of drug-likeness (QED) is 0.662. The van der Waals surface area contributed by atoms with Gasteiger partial charge in [0.2, 0.25) is 0 Å². The van der Waals surface area contributed by atoms with Crippen molar-refractivity contribution in [2.24, 2.45) is 0 Å². The predicted octanol–water partition coefficient (Wildman–Crippen LogP) is 2.87. The number of hydrogen-bond donors (Lipinski definition) is 1. The van der Waals surface area contributed by atoms with Crippen LogP contribution in [0.15, 0.2) is 10.8 Å². The number of aryl methyl sites for hydroxylation is 1. The van der Waals surface area contributed by atoms with E-state index in [2.05, 4.69) is 10.3 Å². The van der Waals surface area contributed by atoms with E-state index in [1.165, 1.54) is 6.39 Å². The van der Waals surface area contributed by atoms with E-state index < -0.39 is 11.7 Å². The molecule has 0 aromatic carbocycles. The van der Waals surface area contributed by atoms with Gasteiger partial charge in [0.25, 0.3) is 0 Å². The zero-order chi connectivity index (χ0) is 13.6. The Hall–Kier alpha value is -1.23. The van der Waals surface area contributed by atoms with Crippen LogP contribution in [0.25, 0.3) is 0 Å². The maximum Gasteiger partial charge on any atom is 0.407 e. The number of carbonyl (C=O) groups is 1. The summed E-state index contributed by atoms with van der Waals surface area (Å²) in [6, 6.07) is 0. The second kappa shape index (κ2) is 6.64. The number of hydrogen-bond acceptors (Lipinski definition) is 4. The Balaban J connectivity index is 2.21. The molecule has 0 saturated carbocycles. The van der Waals surface area contributed by atoms with Gasteiger partial charge in [-0.2, -0.15) is 0 Å². The third kappa shape index (κ3) is 5.40. The van der Waals surface area contributed by atoms with Gasteiger partial charge in [0, 0.05) is 13.0 Å². The van der Waals surface area contributed by atoms with Crippen molar-refractivity contribution in [3.8, 4) is 0 Å². The Morgan fingerprint density at radius 2 is 2.28 bits per heavy atom. The van der Waals surface area contributed by atoms with Crippen molar-refractivity contribution in [1.29, 1.82) is 0 Å². The molecule has 1 aromatic rings. The van der Waals surface area contributed by atoms with E-state index >= 15 is 0 Å². The number of rotatable bonds is 5. The van der Waals surface area contributed by atoms with Crippen molar-refractivity contribution in [3.63, 3.8) is 0 Å². The number of alkyl carbamates (subject to hydrolysis) is 1. The standard InChI is InChI=1S/C12H19ClN2O3/c1-12(2,3)18-11(16)14-6-4-5-10-9(7-13)15-8-17-10/h8H,4-7H2,1-3H3,(H,14,16). The molecule has 0 aliphatic carbocycles. The van der Waals surface area contributed by atoms with E-state index in [1.54, 1.807) is 0 Å². The average molecular weight is 275 g/mol. The van der Waals surface area contributed by atoms with Gasteiger partial charge in [-0.15, -0.1) is 11.6 Å². The van der Waals surface area contributed by atoms with Crippen LogP contribution in [0.3, 0.4) is 0 Å².